The van der Waals surface area contributed by atoms with E-state index in [9.17, 15) is 9.59 Å². The predicted molar refractivity (Wildman–Crippen MR) is 88.6 cm³/mol. The van der Waals surface area contributed by atoms with Crippen LogP contribution in [0.5, 0.6) is 0 Å². The molecular weight excluding hydrogens is 294 g/mol. The lowest BCUT2D eigenvalue weighted by molar-refractivity contribution is 0.0636. The topological polar surface area (TPSA) is 73.2 Å². The highest BCUT2D eigenvalue weighted by Gasteiger charge is 2.16. The number of ether oxygens (including phenoxy) is 1. The molecule has 2 aromatic rings. The summed E-state index contributed by atoms with van der Waals surface area (Å²) in [6.45, 7) is 7.58. The van der Waals surface area contributed by atoms with Crippen molar-refractivity contribution in [3.63, 3.8) is 0 Å². The molecule has 0 aliphatic heterocycles. The number of rotatable bonds is 3. The highest BCUT2D eigenvalue weighted by atomic mass is 16.6. The number of carbonyl (C=O) groups excluding carboxylic acids is 1. The molecule has 2 rings (SSSR count). The van der Waals surface area contributed by atoms with E-state index in [0.29, 0.717) is 12.2 Å². The Kier molecular flexibility index (Phi) is 4.83. The van der Waals surface area contributed by atoms with Crippen LogP contribution in [-0.4, -0.2) is 21.5 Å². The molecule has 6 heteroatoms. The summed E-state index contributed by atoms with van der Waals surface area (Å²) in [7, 11) is 0. The first-order chi connectivity index (χ1) is 10.7. The van der Waals surface area contributed by atoms with Crippen LogP contribution >= 0.6 is 0 Å². The Balaban J connectivity index is 2.12. The quantitative estimate of drug-likeness (QED) is 0.945. The fraction of sp³-hybridized carbons (Fsp3) is 0.353. The van der Waals surface area contributed by atoms with E-state index in [0.717, 1.165) is 11.3 Å². The van der Waals surface area contributed by atoms with Gasteiger partial charge in [0.25, 0.3) is 5.56 Å². The average molecular weight is 315 g/mol. The Bertz CT molecular complexity index is 760. The number of anilines is 1. The molecule has 1 heterocycles. The summed E-state index contributed by atoms with van der Waals surface area (Å²) in [5, 5.41) is 6.88. The van der Waals surface area contributed by atoms with Crippen LogP contribution in [0.25, 0.3) is 0 Å². The summed E-state index contributed by atoms with van der Waals surface area (Å²) < 4.78 is 6.61. The van der Waals surface area contributed by atoms with Gasteiger partial charge in [-0.3, -0.25) is 10.1 Å². The lowest BCUT2D eigenvalue weighted by atomic mass is 10.2. The van der Waals surface area contributed by atoms with Gasteiger partial charge in [-0.25, -0.2) is 9.48 Å². The number of benzene rings is 1. The maximum atomic E-state index is 11.8. The largest absolute Gasteiger partial charge is 0.444 e. The number of nitrogens with zero attached hydrogens (tertiary/aromatic N) is 2. The van der Waals surface area contributed by atoms with Gasteiger partial charge in [0.1, 0.15) is 5.60 Å². The lowest BCUT2D eigenvalue weighted by Gasteiger charge is -2.19. The lowest BCUT2D eigenvalue weighted by Crippen LogP contribution is -2.27. The van der Waals surface area contributed by atoms with Crippen LogP contribution in [0.15, 0.2) is 41.2 Å². The van der Waals surface area contributed by atoms with Gasteiger partial charge in [-0.2, -0.15) is 5.10 Å². The molecule has 6 nitrogen and oxygen atoms in total. The van der Waals surface area contributed by atoms with Crippen LogP contribution in [0, 0.1) is 6.92 Å². The van der Waals surface area contributed by atoms with Crippen LogP contribution in [0.1, 0.15) is 32.0 Å². The van der Waals surface area contributed by atoms with Crippen molar-refractivity contribution in [3.8, 4) is 0 Å². The van der Waals surface area contributed by atoms with Gasteiger partial charge in [0, 0.05) is 11.8 Å². The Morgan fingerprint density at radius 3 is 2.70 bits per heavy atom. The predicted octanol–water partition coefficient (Wildman–Crippen LogP) is 2.95. The van der Waals surface area contributed by atoms with E-state index >= 15 is 0 Å². The van der Waals surface area contributed by atoms with Crippen molar-refractivity contribution < 1.29 is 9.53 Å². The summed E-state index contributed by atoms with van der Waals surface area (Å²) in [5.74, 6) is 0. The third kappa shape index (κ3) is 5.25. The van der Waals surface area contributed by atoms with Crippen molar-refractivity contribution >= 4 is 11.8 Å². The van der Waals surface area contributed by atoms with E-state index < -0.39 is 11.7 Å². The van der Waals surface area contributed by atoms with Crippen molar-refractivity contribution in [1.82, 2.24) is 9.78 Å². The summed E-state index contributed by atoms with van der Waals surface area (Å²) in [6.07, 6.45) is -0.513. The van der Waals surface area contributed by atoms with Gasteiger partial charge in [0.15, 0.2) is 0 Å². The maximum Gasteiger partial charge on any atom is 0.412 e. The molecule has 122 valence electrons. The zero-order valence-corrected chi connectivity index (χ0v) is 13.8. The average Bonchev–Trinajstić information content (AvgIpc) is 2.41. The number of carbonyl (C=O) groups is 1. The van der Waals surface area contributed by atoms with Gasteiger partial charge in [0.2, 0.25) is 0 Å². The summed E-state index contributed by atoms with van der Waals surface area (Å²) in [6, 6.07) is 10.4. The van der Waals surface area contributed by atoms with E-state index in [4.69, 9.17) is 4.74 Å². The first kappa shape index (κ1) is 16.7. The molecule has 0 unspecified atom stereocenters. The first-order valence-corrected chi connectivity index (χ1v) is 7.37. The number of nitrogens with one attached hydrogen (secondary N) is 1. The molecule has 0 bridgehead atoms. The minimum absolute atomic E-state index is 0.166. The zero-order valence-electron chi connectivity index (χ0n) is 13.8. The van der Waals surface area contributed by atoms with Crippen molar-refractivity contribution in [3.05, 3.63) is 58.0 Å². The third-order valence-electron chi connectivity index (χ3n) is 2.90. The van der Waals surface area contributed by atoms with Crippen molar-refractivity contribution in [2.75, 3.05) is 5.32 Å². The van der Waals surface area contributed by atoms with E-state index in [1.54, 1.807) is 39.0 Å². The fourth-order valence-electron chi connectivity index (χ4n) is 2.01. The third-order valence-corrected chi connectivity index (χ3v) is 2.90. The van der Waals surface area contributed by atoms with Crippen LogP contribution in [0.2, 0.25) is 0 Å². The van der Waals surface area contributed by atoms with Crippen molar-refractivity contribution in [2.45, 2.75) is 39.8 Å². The van der Waals surface area contributed by atoms with Crippen molar-refractivity contribution in [2.24, 2.45) is 0 Å². The number of amides is 1. The van der Waals surface area contributed by atoms with E-state index in [2.05, 4.69) is 10.4 Å². The fourth-order valence-corrected chi connectivity index (χ4v) is 2.01. The molecule has 0 fully saturated rings. The first-order valence-electron chi connectivity index (χ1n) is 7.37. The van der Waals surface area contributed by atoms with Crippen LogP contribution < -0.4 is 10.9 Å². The van der Waals surface area contributed by atoms with Crippen LogP contribution in [-0.2, 0) is 11.3 Å². The second-order valence-electron chi connectivity index (χ2n) is 6.30. The molecule has 1 N–H and O–H groups in total. The van der Waals surface area contributed by atoms with Gasteiger partial charge in [-0.1, -0.05) is 12.1 Å². The molecule has 0 aliphatic rings. The number of hydrogen-bond donors (Lipinski definition) is 1. The second-order valence-corrected chi connectivity index (χ2v) is 6.30. The van der Waals surface area contributed by atoms with Gasteiger partial charge in [-0.05, 0) is 51.5 Å². The standard InChI is InChI=1S/C17H21N3O3/c1-12-8-9-15(21)20(19-12)11-13-6-5-7-14(10-13)18-16(22)23-17(2,3)4/h5-10H,11H2,1-4H3,(H,18,22). The minimum atomic E-state index is -0.555. The molecule has 0 aliphatic carbocycles. The molecule has 0 saturated heterocycles. The smallest absolute Gasteiger partial charge is 0.412 e. The molecule has 1 aromatic heterocycles. The molecule has 1 aromatic carbocycles. The monoisotopic (exact) mass is 315 g/mol. The Labute approximate surface area is 135 Å². The molecule has 0 atom stereocenters. The number of hydrogen-bond acceptors (Lipinski definition) is 4. The Morgan fingerprint density at radius 2 is 2.00 bits per heavy atom. The Morgan fingerprint density at radius 1 is 1.26 bits per heavy atom. The molecule has 23 heavy (non-hydrogen) atoms. The van der Waals surface area contributed by atoms with Crippen molar-refractivity contribution in [1.29, 1.82) is 0 Å². The second kappa shape index (κ2) is 6.64. The van der Waals surface area contributed by atoms with E-state index in [1.165, 1.54) is 10.7 Å². The maximum absolute atomic E-state index is 11.8. The molecule has 1 amide bonds. The SMILES string of the molecule is Cc1ccc(=O)n(Cc2cccc(NC(=O)OC(C)(C)C)c2)n1. The molecule has 0 saturated carbocycles. The van der Waals surface area contributed by atoms with Gasteiger partial charge < -0.3 is 4.74 Å². The van der Waals surface area contributed by atoms with Crippen LogP contribution in [0.4, 0.5) is 10.5 Å². The summed E-state index contributed by atoms with van der Waals surface area (Å²) in [4.78, 5) is 23.6. The van der Waals surface area contributed by atoms with Gasteiger partial charge >= 0.3 is 6.09 Å². The molecular formula is C17H21N3O3. The van der Waals surface area contributed by atoms with E-state index in [1.807, 2.05) is 19.1 Å². The highest BCUT2D eigenvalue weighted by molar-refractivity contribution is 5.84. The van der Waals surface area contributed by atoms with Gasteiger partial charge in [-0.15, -0.1) is 0 Å². The normalized spacial score (nSPS) is 11.1. The molecule has 0 radical (unpaired) electrons. The number of aryl methyl sites for hydroxylation is 1. The minimum Gasteiger partial charge on any atom is -0.444 e. The zero-order chi connectivity index (χ0) is 17.0. The number of aromatic nitrogens is 2. The summed E-state index contributed by atoms with van der Waals surface area (Å²) >= 11 is 0. The van der Waals surface area contributed by atoms with Crippen LogP contribution in [0.3, 0.4) is 0 Å². The highest BCUT2D eigenvalue weighted by Crippen LogP contribution is 2.14. The Hall–Kier alpha value is -2.63. The van der Waals surface area contributed by atoms with E-state index in [-0.39, 0.29) is 5.56 Å². The van der Waals surface area contributed by atoms with Gasteiger partial charge in [0.05, 0.1) is 12.2 Å². The molecule has 0 spiro atoms. The summed E-state index contributed by atoms with van der Waals surface area (Å²) in [5.41, 5.74) is 1.52.